The zero-order valence-corrected chi connectivity index (χ0v) is 10.9. The van der Waals surface area contributed by atoms with Crippen molar-refractivity contribution in [3.63, 3.8) is 0 Å². The normalized spacial score (nSPS) is 11.5. The standard InChI is InChI=1S/C13H18ClNO2/c1-13(2,7-12(16)17)9-15-8-10-3-5-11(14)6-4-10/h3-6,15H,7-9H2,1-2H3,(H,16,17). The first kappa shape index (κ1) is 14.0. The van der Waals surface area contributed by atoms with Gasteiger partial charge in [-0.25, -0.2) is 0 Å². The van der Waals surface area contributed by atoms with Gasteiger partial charge in [0, 0.05) is 18.1 Å². The zero-order valence-electron chi connectivity index (χ0n) is 10.2. The molecule has 0 amide bonds. The molecule has 0 aliphatic heterocycles. The van der Waals surface area contributed by atoms with Gasteiger partial charge in [-0.05, 0) is 23.1 Å². The Kier molecular flexibility index (Phi) is 4.97. The molecule has 0 atom stereocenters. The zero-order chi connectivity index (χ0) is 12.9. The van der Waals surface area contributed by atoms with E-state index in [9.17, 15) is 4.79 Å². The molecule has 17 heavy (non-hydrogen) atoms. The third-order valence-corrected chi connectivity index (χ3v) is 2.73. The van der Waals surface area contributed by atoms with E-state index in [4.69, 9.17) is 16.7 Å². The quantitative estimate of drug-likeness (QED) is 0.822. The molecule has 0 bridgehead atoms. The first-order valence-electron chi connectivity index (χ1n) is 5.56. The number of rotatable bonds is 6. The Hall–Kier alpha value is -1.06. The number of carboxylic acid groups (broad SMARTS) is 1. The van der Waals surface area contributed by atoms with E-state index in [1.807, 2.05) is 38.1 Å². The van der Waals surface area contributed by atoms with Crippen molar-refractivity contribution >= 4 is 17.6 Å². The highest BCUT2D eigenvalue weighted by molar-refractivity contribution is 6.30. The molecular formula is C13H18ClNO2. The van der Waals surface area contributed by atoms with Crippen LogP contribution in [0.2, 0.25) is 5.02 Å². The number of hydrogen-bond donors (Lipinski definition) is 2. The lowest BCUT2D eigenvalue weighted by Gasteiger charge is -2.22. The van der Waals surface area contributed by atoms with Gasteiger partial charge >= 0.3 is 5.97 Å². The molecule has 0 aromatic heterocycles. The van der Waals surface area contributed by atoms with Gasteiger partial charge in [-0.15, -0.1) is 0 Å². The van der Waals surface area contributed by atoms with Crippen LogP contribution in [-0.2, 0) is 11.3 Å². The Morgan fingerprint density at radius 1 is 1.35 bits per heavy atom. The van der Waals surface area contributed by atoms with Crippen molar-refractivity contribution in [2.24, 2.45) is 5.41 Å². The minimum atomic E-state index is -0.761. The molecule has 0 aliphatic carbocycles. The highest BCUT2D eigenvalue weighted by Crippen LogP contribution is 2.19. The molecule has 0 heterocycles. The van der Waals surface area contributed by atoms with Crippen LogP contribution in [0.3, 0.4) is 0 Å². The fraction of sp³-hybridized carbons (Fsp3) is 0.462. The minimum absolute atomic E-state index is 0.167. The van der Waals surface area contributed by atoms with Gasteiger partial charge in [0.2, 0.25) is 0 Å². The summed E-state index contributed by atoms with van der Waals surface area (Å²) in [7, 11) is 0. The lowest BCUT2D eigenvalue weighted by molar-refractivity contribution is -0.139. The third-order valence-electron chi connectivity index (χ3n) is 2.48. The molecule has 94 valence electrons. The Bertz CT molecular complexity index is 374. The molecule has 0 saturated heterocycles. The van der Waals surface area contributed by atoms with Crippen molar-refractivity contribution in [2.45, 2.75) is 26.8 Å². The van der Waals surface area contributed by atoms with E-state index in [0.29, 0.717) is 6.54 Å². The first-order valence-corrected chi connectivity index (χ1v) is 5.94. The molecule has 2 N–H and O–H groups in total. The molecule has 1 rings (SSSR count). The van der Waals surface area contributed by atoms with Gasteiger partial charge < -0.3 is 10.4 Å². The lowest BCUT2D eigenvalue weighted by atomic mass is 9.89. The number of nitrogens with one attached hydrogen (secondary N) is 1. The fourth-order valence-corrected chi connectivity index (χ4v) is 1.75. The Labute approximate surface area is 107 Å². The second-order valence-electron chi connectivity index (χ2n) is 4.96. The number of carbonyl (C=O) groups is 1. The van der Waals surface area contributed by atoms with Crippen molar-refractivity contribution in [1.29, 1.82) is 0 Å². The van der Waals surface area contributed by atoms with Crippen molar-refractivity contribution in [3.8, 4) is 0 Å². The average Bonchev–Trinajstić information content (AvgIpc) is 2.18. The predicted octanol–water partition coefficient (Wildman–Crippen LogP) is 2.93. The van der Waals surface area contributed by atoms with Gasteiger partial charge in [0.1, 0.15) is 0 Å². The maximum absolute atomic E-state index is 10.6. The van der Waals surface area contributed by atoms with Crippen LogP contribution in [0.4, 0.5) is 0 Å². The molecule has 0 saturated carbocycles. The van der Waals surface area contributed by atoms with Crippen molar-refractivity contribution in [1.82, 2.24) is 5.32 Å². The molecule has 0 radical (unpaired) electrons. The summed E-state index contributed by atoms with van der Waals surface area (Å²) in [5.74, 6) is -0.761. The van der Waals surface area contributed by atoms with Crippen LogP contribution in [0.15, 0.2) is 24.3 Å². The van der Waals surface area contributed by atoms with Crippen LogP contribution in [0.5, 0.6) is 0 Å². The Balaban J connectivity index is 2.37. The molecule has 1 aromatic rings. The first-order chi connectivity index (χ1) is 7.89. The number of aliphatic carboxylic acids is 1. The number of halogens is 1. The highest BCUT2D eigenvalue weighted by atomic mass is 35.5. The van der Waals surface area contributed by atoms with Gasteiger partial charge in [0.25, 0.3) is 0 Å². The second kappa shape index (κ2) is 6.03. The largest absolute Gasteiger partial charge is 0.481 e. The summed E-state index contributed by atoms with van der Waals surface area (Å²) < 4.78 is 0. The van der Waals surface area contributed by atoms with Crippen LogP contribution < -0.4 is 5.32 Å². The summed E-state index contributed by atoms with van der Waals surface area (Å²) in [6.45, 7) is 5.27. The number of hydrogen-bond acceptors (Lipinski definition) is 2. The smallest absolute Gasteiger partial charge is 0.303 e. The van der Waals surface area contributed by atoms with Gasteiger partial charge in [-0.2, -0.15) is 0 Å². The topological polar surface area (TPSA) is 49.3 Å². The monoisotopic (exact) mass is 255 g/mol. The number of benzene rings is 1. The second-order valence-corrected chi connectivity index (χ2v) is 5.40. The summed E-state index contributed by atoms with van der Waals surface area (Å²) in [6.07, 6.45) is 0.167. The summed E-state index contributed by atoms with van der Waals surface area (Å²) in [5, 5.41) is 12.7. The molecule has 1 aromatic carbocycles. The third kappa shape index (κ3) is 5.71. The van der Waals surface area contributed by atoms with Crippen LogP contribution in [-0.4, -0.2) is 17.6 Å². The van der Waals surface area contributed by atoms with E-state index in [2.05, 4.69) is 5.32 Å². The molecule has 0 fully saturated rings. The Morgan fingerprint density at radius 3 is 2.47 bits per heavy atom. The van der Waals surface area contributed by atoms with Crippen LogP contribution in [0.1, 0.15) is 25.8 Å². The predicted molar refractivity (Wildman–Crippen MR) is 69.2 cm³/mol. The number of carboxylic acids is 1. The summed E-state index contributed by atoms with van der Waals surface area (Å²) in [6, 6.07) is 7.61. The molecule has 0 aliphatic rings. The van der Waals surface area contributed by atoms with Crippen LogP contribution >= 0.6 is 11.6 Å². The van der Waals surface area contributed by atoms with E-state index >= 15 is 0 Å². The summed E-state index contributed by atoms with van der Waals surface area (Å²) >= 11 is 5.79. The SMILES string of the molecule is CC(C)(CNCc1ccc(Cl)cc1)CC(=O)O. The van der Waals surface area contributed by atoms with Gasteiger partial charge in [0.15, 0.2) is 0 Å². The van der Waals surface area contributed by atoms with Gasteiger partial charge in [-0.1, -0.05) is 37.6 Å². The molecular weight excluding hydrogens is 238 g/mol. The maximum atomic E-state index is 10.6. The van der Waals surface area contributed by atoms with Gasteiger partial charge in [-0.3, -0.25) is 4.79 Å². The molecule has 4 heteroatoms. The highest BCUT2D eigenvalue weighted by Gasteiger charge is 2.20. The van der Waals surface area contributed by atoms with Crippen molar-refractivity contribution in [3.05, 3.63) is 34.9 Å². The molecule has 3 nitrogen and oxygen atoms in total. The lowest BCUT2D eigenvalue weighted by Crippen LogP contribution is -2.31. The molecule has 0 spiro atoms. The Morgan fingerprint density at radius 2 is 1.94 bits per heavy atom. The van der Waals surface area contributed by atoms with Crippen molar-refractivity contribution < 1.29 is 9.90 Å². The van der Waals surface area contributed by atoms with Crippen LogP contribution in [0, 0.1) is 5.41 Å². The summed E-state index contributed by atoms with van der Waals surface area (Å²) in [5.41, 5.74) is 0.902. The van der Waals surface area contributed by atoms with E-state index in [1.165, 1.54) is 0 Å². The minimum Gasteiger partial charge on any atom is -0.481 e. The van der Waals surface area contributed by atoms with E-state index in [0.717, 1.165) is 17.1 Å². The average molecular weight is 256 g/mol. The van der Waals surface area contributed by atoms with E-state index < -0.39 is 5.97 Å². The van der Waals surface area contributed by atoms with E-state index in [-0.39, 0.29) is 11.8 Å². The maximum Gasteiger partial charge on any atom is 0.303 e. The van der Waals surface area contributed by atoms with Gasteiger partial charge in [0.05, 0.1) is 6.42 Å². The summed E-state index contributed by atoms with van der Waals surface area (Å²) in [4.78, 5) is 10.6. The fourth-order valence-electron chi connectivity index (χ4n) is 1.62. The van der Waals surface area contributed by atoms with E-state index in [1.54, 1.807) is 0 Å². The molecule has 0 unspecified atom stereocenters. The van der Waals surface area contributed by atoms with Crippen LogP contribution in [0.25, 0.3) is 0 Å². The van der Waals surface area contributed by atoms with Crippen molar-refractivity contribution in [2.75, 3.05) is 6.54 Å².